The van der Waals surface area contributed by atoms with Crippen molar-refractivity contribution in [2.24, 2.45) is 4.99 Å². The Morgan fingerprint density at radius 3 is 2.52 bits per heavy atom. The van der Waals surface area contributed by atoms with Crippen LogP contribution in [0.25, 0.3) is 0 Å². The normalized spacial score (nSPS) is 12.5. The summed E-state index contributed by atoms with van der Waals surface area (Å²) in [5.41, 5.74) is 2.37. The average molecular weight is 380 g/mol. The molecule has 0 aliphatic heterocycles. The molecule has 0 saturated heterocycles. The molecule has 0 aromatic carbocycles. The Balaban J connectivity index is 1.89. The Bertz CT molecular complexity index is 709. The van der Waals surface area contributed by atoms with E-state index >= 15 is 0 Å². The number of guanidine groups is 1. The number of aryl methyl sites for hydroxylation is 2. The third-order valence-electron chi connectivity index (χ3n) is 3.68. The maximum absolute atomic E-state index is 4.74. The van der Waals surface area contributed by atoms with E-state index in [4.69, 9.17) is 4.98 Å². The van der Waals surface area contributed by atoms with Crippen molar-refractivity contribution in [2.75, 3.05) is 13.1 Å². The Labute approximate surface area is 159 Å². The Morgan fingerprint density at radius 2 is 1.96 bits per heavy atom. The smallest absolute Gasteiger partial charge is 0.191 e. The monoisotopic (exact) mass is 379 g/mol. The lowest BCUT2D eigenvalue weighted by Crippen LogP contribution is -2.38. The SMILES string of the molecule is CCNC(=NCc1sc(C)nc1C)NCCc1nc(C(C)(C)C)cs1. The van der Waals surface area contributed by atoms with Crippen molar-refractivity contribution in [3.05, 3.63) is 31.7 Å². The van der Waals surface area contributed by atoms with Crippen LogP contribution in [0.4, 0.5) is 0 Å². The van der Waals surface area contributed by atoms with Crippen LogP contribution < -0.4 is 10.6 Å². The predicted molar refractivity (Wildman–Crippen MR) is 109 cm³/mol. The predicted octanol–water partition coefficient (Wildman–Crippen LogP) is 3.81. The fourth-order valence-corrected chi connectivity index (χ4v) is 4.16. The number of nitrogens with zero attached hydrogens (tertiary/aromatic N) is 3. The zero-order valence-electron chi connectivity index (χ0n) is 16.1. The van der Waals surface area contributed by atoms with E-state index in [-0.39, 0.29) is 5.41 Å². The number of thiazole rings is 2. The van der Waals surface area contributed by atoms with Crippen molar-refractivity contribution in [3.8, 4) is 0 Å². The molecule has 0 bridgehead atoms. The van der Waals surface area contributed by atoms with Crippen LogP contribution in [0.1, 0.15) is 54.0 Å². The molecule has 0 unspecified atom stereocenters. The second-order valence-electron chi connectivity index (χ2n) is 6.99. The van der Waals surface area contributed by atoms with Gasteiger partial charge in [-0.3, -0.25) is 0 Å². The summed E-state index contributed by atoms with van der Waals surface area (Å²) in [4.78, 5) is 15.1. The third-order valence-corrected chi connectivity index (χ3v) is 5.64. The highest BCUT2D eigenvalue weighted by molar-refractivity contribution is 7.11. The number of hydrogen-bond acceptors (Lipinski definition) is 5. The number of nitrogens with one attached hydrogen (secondary N) is 2. The van der Waals surface area contributed by atoms with Crippen molar-refractivity contribution < 1.29 is 0 Å². The first-order valence-electron chi connectivity index (χ1n) is 8.69. The number of hydrogen-bond donors (Lipinski definition) is 2. The van der Waals surface area contributed by atoms with E-state index in [2.05, 4.69) is 53.7 Å². The van der Waals surface area contributed by atoms with Gasteiger partial charge in [0.05, 0.1) is 27.9 Å². The van der Waals surface area contributed by atoms with Gasteiger partial charge in [-0.15, -0.1) is 22.7 Å². The highest BCUT2D eigenvalue weighted by atomic mass is 32.1. The standard InChI is InChI=1S/C18H29N5S2/c1-7-19-17(21-10-14-12(2)22-13(3)25-14)20-9-8-16-23-15(11-24-16)18(4,5)6/h11H,7-10H2,1-6H3,(H2,19,20,21). The summed E-state index contributed by atoms with van der Waals surface area (Å²) >= 11 is 3.46. The molecule has 7 heteroatoms. The molecule has 2 aromatic rings. The van der Waals surface area contributed by atoms with E-state index in [1.165, 1.54) is 15.6 Å². The first-order chi connectivity index (χ1) is 11.8. The van der Waals surface area contributed by atoms with Crippen LogP contribution in [0.2, 0.25) is 0 Å². The first-order valence-corrected chi connectivity index (χ1v) is 10.4. The van der Waals surface area contributed by atoms with Crippen molar-refractivity contribution in [3.63, 3.8) is 0 Å². The highest BCUT2D eigenvalue weighted by Gasteiger charge is 2.17. The van der Waals surface area contributed by atoms with Gasteiger partial charge < -0.3 is 10.6 Å². The van der Waals surface area contributed by atoms with Gasteiger partial charge in [0.15, 0.2) is 5.96 Å². The molecule has 0 spiro atoms. The molecule has 0 aliphatic carbocycles. The average Bonchev–Trinajstić information content (AvgIpc) is 3.11. The number of aliphatic imine (C=N–C) groups is 1. The molecule has 2 rings (SSSR count). The summed E-state index contributed by atoms with van der Waals surface area (Å²) in [7, 11) is 0. The van der Waals surface area contributed by atoms with Crippen molar-refractivity contribution >= 4 is 28.6 Å². The highest BCUT2D eigenvalue weighted by Crippen LogP contribution is 2.23. The zero-order chi connectivity index (χ0) is 18.4. The summed E-state index contributed by atoms with van der Waals surface area (Å²) in [5, 5.41) is 11.1. The van der Waals surface area contributed by atoms with Gasteiger partial charge in [0.25, 0.3) is 0 Å². The second kappa shape index (κ2) is 8.76. The molecule has 0 saturated carbocycles. The van der Waals surface area contributed by atoms with Gasteiger partial charge in [-0.1, -0.05) is 20.8 Å². The van der Waals surface area contributed by atoms with Crippen molar-refractivity contribution in [1.29, 1.82) is 0 Å². The maximum atomic E-state index is 4.74. The summed E-state index contributed by atoms with van der Waals surface area (Å²) in [6, 6.07) is 0. The summed E-state index contributed by atoms with van der Waals surface area (Å²) in [6.07, 6.45) is 0.907. The molecule has 0 atom stereocenters. The molecule has 0 amide bonds. The topological polar surface area (TPSA) is 62.2 Å². The minimum absolute atomic E-state index is 0.114. The zero-order valence-corrected chi connectivity index (χ0v) is 17.7. The lowest BCUT2D eigenvalue weighted by molar-refractivity contribution is 0.570. The van der Waals surface area contributed by atoms with E-state index in [0.29, 0.717) is 6.54 Å². The van der Waals surface area contributed by atoms with Gasteiger partial charge in [0.1, 0.15) is 0 Å². The summed E-state index contributed by atoms with van der Waals surface area (Å²) < 4.78 is 0. The molecule has 138 valence electrons. The Hall–Kier alpha value is -1.47. The van der Waals surface area contributed by atoms with Gasteiger partial charge >= 0.3 is 0 Å². The van der Waals surface area contributed by atoms with Gasteiger partial charge in [0.2, 0.25) is 0 Å². The van der Waals surface area contributed by atoms with Gasteiger partial charge in [-0.2, -0.15) is 0 Å². The molecule has 2 aromatic heterocycles. The van der Waals surface area contributed by atoms with E-state index in [9.17, 15) is 0 Å². The molecule has 0 aliphatic rings. The number of rotatable bonds is 6. The fraction of sp³-hybridized carbons (Fsp3) is 0.611. The van der Waals surface area contributed by atoms with Crippen LogP contribution in [-0.4, -0.2) is 29.0 Å². The first kappa shape index (κ1) is 19.8. The van der Waals surface area contributed by atoms with E-state index in [1.54, 1.807) is 22.7 Å². The Kier molecular flexibility index (Phi) is 6.95. The largest absolute Gasteiger partial charge is 0.357 e. The fourth-order valence-electron chi connectivity index (χ4n) is 2.27. The number of aromatic nitrogens is 2. The Morgan fingerprint density at radius 1 is 1.20 bits per heavy atom. The van der Waals surface area contributed by atoms with Crippen molar-refractivity contribution in [2.45, 2.75) is 59.9 Å². The summed E-state index contributed by atoms with van der Waals surface area (Å²) in [6.45, 7) is 15.1. The van der Waals surface area contributed by atoms with Crippen LogP contribution in [-0.2, 0) is 18.4 Å². The molecule has 2 heterocycles. The summed E-state index contributed by atoms with van der Waals surface area (Å²) in [5.74, 6) is 0.848. The molecular weight excluding hydrogens is 350 g/mol. The lowest BCUT2D eigenvalue weighted by Gasteiger charge is -2.14. The molecular formula is C18H29N5S2. The van der Waals surface area contributed by atoms with Gasteiger partial charge in [-0.05, 0) is 20.8 Å². The van der Waals surface area contributed by atoms with E-state index < -0.39 is 0 Å². The van der Waals surface area contributed by atoms with Crippen LogP contribution in [0.5, 0.6) is 0 Å². The molecule has 0 fully saturated rings. The van der Waals surface area contributed by atoms with Crippen LogP contribution in [0.3, 0.4) is 0 Å². The quantitative estimate of drug-likeness (QED) is 0.592. The molecule has 2 N–H and O–H groups in total. The minimum atomic E-state index is 0.114. The van der Waals surface area contributed by atoms with Gasteiger partial charge in [0, 0.05) is 35.2 Å². The van der Waals surface area contributed by atoms with E-state index in [0.717, 1.165) is 36.2 Å². The minimum Gasteiger partial charge on any atom is -0.357 e. The van der Waals surface area contributed by atoms with Crippen LogP contribution in [0.15, 0.2) is 10.4 Å². The van der Waals surface area contributed by atoms with Gasteiger partial charge in [-0.25, -0.2) is 15.0 Å². The maximum Gasteiger partial charge on any atom is 0.191 e. The second-order valence-corrected chi connectivity index (χ2v) is 9.22. The molecule has 5 nitrogen and oxygen atoms in total. The molecule has 25 heavy (non-hydrogen) atoms. The van der Waals surface area contributed by atoms with E-state index in [1.807, 2.05) is 13.8 Å². The van der Waals surface area contributed by atoms with Crippen LogP contribution >= 0.6 is 22.7 Å². The molecule has 0 radical (unpaired) electrons. The lowest BCUT2D eigenvalue weighted by atomic mass is 9.93. The third kappa shape index (κ3) is 6.08. The van der Waals surface area contributed by atoms with Crippen LogP contribution in [0, 0.1) is 13.8 Å². The van der Waals surface area contributed by atoms with Crippen molar-refractivity contribution in [1.82, 2.24) is 20.6 Å².